The quantitative estimate of drug-likeness (QED) is 0.746. The number of nitrogens with one attached hydrogen (secondary N) is 1. The van der Waals surface area contributed by atoms with Crippen molar-refractivity contribution in [3.05, 3.63) is 23.5 Å². The molecule has 1 amide bonds. The number of hydrogen-bond donors (Lipinski definition) is 2. The summed E-state index contributed by atoms with van der Waals surface area (Å²) in [6, 6.07) is 1.86. The molecule has 1 heterocycles. The van der Waals surface area contributed by atoms with Crippen molar-refractivity contribution in [1.82, 2.24) is 9.88 Å². The number of nitrogens with zero attached hydrogens (tertiary/aromatic N) is 2. The van der Waals surface area contributed by atoms with Crippen LogP contribution in [0.5, 0.6) is 0 Å². The Hall–Kier alpha value is -1.80. The molecule has 1 atom stereocenters. The molecule has 1 unspecified atom stereocenters. The summed E-state index contributed by atoms with van der Waals surface area (Å²) in [5.41, 5.74) is 2.06. The standard InChI is InChI=1S/C12H15N3O2/c13-4-5-14-12(17)8-15-6-9-2-1-3-11(16)10(9)7-15/h6-7,11,16H,1-3,5,8H2,(H,14,17). The number of fused-ring (bicyclic) bond motifs is 1. The molecule has 2 rings (SSSR count). The topological polar surface area (TPSA) is 78.0 Å². The highest BCUT2D eigenvalue weighted by Gasteiger charge is 2.20. The number of rotatable bonds is 3. The van der Waals surface area contributed by atoms with E-state index >= 15 is 0 Å². The Balaban J connectivity index is 2.03. The van der Waals surface area contributed by atoms with Crippen molar-refractivity contribution in [1.29, 1.82) is 5.26 Å². The average Bonchev–Trinajstić information content (AvgIpc) is 2.70. The zero-order valence-corrected chi connectivity index (χ0v) is 9.52. The van der Waals surface area contributed by atoms with Crippen LogP contribution in [-0.2, 0) is 17.8 Å². The molecule has 5 heteroatoms. The predicted octanol–water partition coefficient (Wildman–Crippen LogP) is 0.498. The summed E-state index contributed by atoms with van der Waals surface area (Å²) in [7, 11) is 0. The molecule has 1 aliphatic carbocycles. The normalized spacial score (nSPS) is 18.2. The predicted molar refractivity (Wildman–Crippen MR) is 61.0 cm³/mol. The van der Waals surface area contributed by atoms with E-state index < -0.39 is 6.10 Å². The van der Waals surface area contributed by atoms with E-state index in [2.05, 4.69) is 5.32 Å². The van der Waals surface area contributed by atoms with Crippen molar-refractivity contribution < 1.29 is 9.90 Å². The first-order valence-electron chi connectivity index (χ1n) is 5.71. The molecule has 2 N–H and O–H groups in total. The number of aromatic nitrogens is 1. The van der Waals surface area contributed by atoms with Gasteiger partial charge in [-0.2, -0.15) is 5.26 Å². The van der Waals surface area contributed by atoms with Gasteiger partial charge in [-0.3, -0.25) is 4.79 Å². The first-order chi connectivity index (χ1) is 8.20. The van der Waals surface area contributed by atoms with E-state index in [1.807, 2.05) is 18.5 Å². The first kappa shape index (κ1) is 11.7. The zero-order chi connectivity index (χ0) is 12.3. The molecule has 0 bridgehead atoms. The van der Waals surface area contributed by atoms with E-state index in [4.69, 9.17) is 5.26 Å². The Kier molecular flexibility index (Phi) is 3.45. The Morgan fingerprint density at radius 1 is 1.65 bits per heavy atom. The maximum Gasteiger partial charge on any atom is 0.240 e. The van der Waals surface area contributed by atoms with E-state index in [1.54, 1.807) is 4.57 Å². The van der Waals surface area contributed by atoms with Gasteiger partial charge >= 0.3 is 0 Å². The zero-order valence-electron chi connectivity index (χ0n) is 9.52. The van der Waals surface area contributed by atoms with Gasteiger partial charge in [-0.25, -0.2) is 0 Å². The van der Waals surface area contributed by atoms with Crippen LogP contribution in [0.25, 0.3) is 0 Å². The number of aryl methyl sites for hydroxylation is 1. The van der Waals surface area contributed by atoms with Crippen LogP contribution in [0.15, 0.2) is 12.4 Å². The summed E-state index contributed by atoms with van der Waals surface area (Å²) in [5.74, 6) is -0.187. The van der Waals surface area contributed by atoms with Crippen molar-refractivity contribution >= 4 is 5.91 Å². The molecule has 0 aromatic carbocycles. The Morgan fingerprint density at radius 3 is 3.18 bits per heavy atom. The monoisotopic (exact) mass is 233 g/mol. The van der Waals surface area contributed by atoms with Crippen LogP contribution >= 0.6 is 0 Å². The summed E-state index contributed by atoms with van der Waals surface area (Å²) in [6.45, 7) is 0.226. The van der Waals surface area contributed by atoms with Gasteiger partial charge < -0.3 is 15.0 Å². The van der Waals surface area contributed by atoms with Gasteiger partial charge in [0.15, 0.2) is 0 Å². The highest BCUT2D eigenvalue weighted by atomic mass is 16.3. The third-order valence-electron chi connectivity index (χ3n) is 2.97. The second-order valence-corrected chi connectivity index (χ2v) is 4.25. The molecule has 0 aliphatic heterocycles. The lowest BCUT2D eigenvalue weighted by Gasteiger charge is -2.16. The van der Waals surface area contributed by atoms with Gasteiger partial charge in [-0.1, -0.05) is 0 Å². The molecule has 0 saturated heterocycles. The average molecular weight is 233 g/mol. The van der Waals surface area contributed by atoms with Crippen molar-refractivity contribution in [3.8, 4) is 6.07 Å². The van der Waals surface area contributed by atoms with Crippen LogP contribution in [0.1, 0.15) is 30.1 Å². The minimum Gasteiger partial charge on any atom is -0.388 e. The van der Waals surface area contributed by atoms with Gasteiger partial charge in [0.2, 0.25) is 5.91 Å². The van der Waals surface area contributed by atoms with Gasteiger partial charge in [0, 0.05) is 18.0 Å². The Labute approximate surface area is 99.7 Å². The third kappa shape index (κ3) is 2.66. The molecule has 5 nitrogen and oxygen atoms in total. The number of carbonyl (C=O) groups is 1. The van der Waals surface area contributed by atoms with E-state index in [-0.39, 0.29) is 19.0 Å². The molecule has 1 aliphatic rings. The van der Waals surface area contributed by atoms with Gasteiger partial charge in [0.25, 0.3) is 0 Å². The van der Waals surface area contributed by atoms with Crippen LogP contribution in [0.3, 0.4) is 0 Å². The first-order valence-corrected chi connectivity index (χ1v) is 5.71. The number of hydrogen-bond acceptors (Lipinski definition) is 3. The number of aliphatic hydroxyl groups excluding tert-OH is 1. The van der Waals surface area contributed by atoms with Gasteiger partial charge in [0.1, 0.15) is 13.1 Å². The fraction of sp³-hybridized carbons (Fsp3) is 0.500. The number of nitriles is 1. The molecule has 17 heavy (non-hydrogen) atoms. The fourth-order valence-corrected chi connectivity index (χ4v) is 2.17. The van der Waals surface area contributed by atoms with Crippen LogP contribution in [0, 0.1) is 11.3 Å². The maximum absolute atomic E-state index is 11.4. The molecule has 0 spiro atoms. The summed E-state index contributed by atoms with van der Waals surface area (Å²) < 4.78 is 1.77. The van der Waals surface area contributed by atoms with Gasteiger partial charge in [-0.05, 0) is 24.8 Å². The summed E-state index contributed by atoms with van der Waals surface area (Å²) in [4.78, 5) is 11.4. The van der Waals surface area contributed by atoms with Gasteiger partial charge in [0.05, 0.1) is 12.2 Å². The maximum atomic E-state index is 11.4. The molecule has 0 saturated carbocycles. The van der Waals surface area contributed by atoms with Crippen molar-refractivity contribution in [2.24, 2.45) is 0 Å². The number of aliphatic hydroxyl groups is 1. The second kappa shape index (κ2) is 5.02. The summed E-state index contributed by atoms with van der Waals surface area (Å²) >= 11 is 0. The van der Waals surface area contributed by atoms with Crippen molar-refractivity contribution in [2.75, 3.05) is 6.54 Å². The summed E-state index contributed by atoms with van der Waals surface area (Å²) in [6.07, 6.45) is 6.06. The SMILES string of the molecule is N#CCNC(=O)Cn1cc2c(c1)C(O)CCC2. The largest absolute Gasteiger partial charge is 0.388 e. The third-order valence-corrected chi connectivity index (χ3v) is 2.97. The Bertz CT molecular complexity index is 459. The van der Waals surface area contributed by atoms with E-state index in [0.717, 1.165) is 30.4 Å². The van der Waals surface area contributed by atoms with E-state index in [1.165, 1.54) is 0 Å². The van der Waals surface area contributed by atoms with Gasteiger partial charge in [-0.15, -0.1) is 0 Å². The van der Waals surface area contributed by atoms with Crippen LogP contribution < -0.4 is 5.32 Å². The van der Waals surface area contributed by atoms with Crippen molar-refractivity contribution in [2.45, 2.75) is 31.9 Å². The van der Waals surface area contributed by atoms with Crippen LogP contribution in [-0.4, -0.2) is 22.1 Å². The molecular formula is C12H15N3O2. The van der Waals surface area contributed by atoms with E-state index in [9.17, 15) is 9.90 Å². The van der Waals surface area contributed by atoms with Crippen LogP contribution in [0.2, 0.25) is 0 Å². The minimum absolute atomic E-state index is 0.0302. The lowest BCUT2D eigenvalue weighted by atomic mass is 9.93. The lowest BCUT2D eigenvalue weighted by Crippen LogP contribution is -2.27. The minimum atomic E-state index is -0.401. The molecule has 90 valence electrons. The second-order valence-electron chi connectivity index (χ2n) is 4.25. The number of amides is 1. The van der Waals surface area contributed by atoms with Crippen molar-refractivity contribution in [3.63, 3.8) is 0 Å². The fourth-order valence-electron chi connectivity index (χ4n) is 2.17. The van der Waals surface area contributed by atoms with Crippen LogP contribution in [0.4, 0.5) is 0 Å². The highest BCUT2D eigenvalue weighted by Crippen LogP contribution is 2.29. The lowest BCUT2D eigenvalue weighted by molar-refractivity contribution is -0.121. The molecule has 1 aromatic heterocycles. The van der Waals surface area contributed by atoms with E-state index in [0.29, 0.717) is 0 Å². The number of carbonyl (C=O) groups excluding carboxylic acids is 1. The molecule has 1 aromatic rings. The Morgan fingerprint density at radius 2 is 2.47 bits per heavy atom. The molecular weight excluding hydrogens is 218 g/mol. The smallest absolute Gasteiger partial charge is 0.240 e. The molecule has 0 fully saturated rings. The summed E-state index contributed by atoms with van der Waals surface area (Å²) in [5, 5.41) is 20.6. The molecule has 0 radical (unpaired) electrons. The highest BCUT2D eigenvalue weighted by molar-refractivity contribution is 5.76.